The quantitative estimate of drug-likeness (QED) is 0.654. The molecule has 31 heavy (non-hydrogen) atoms. The van der Waals surface area contributed by atoms with E-state index in [0.29, 0.717) is 6.54 Å². The van der Waals surface area contributed by atoms with E-state index in [0.717, 1.165) is 21.7 Å². The van der Waals surface area contributed by atoms with Gasteiger partial charge in [0.2, 0.25) is 11.8 Å². The van der Waals surface area contributed by atoms with Crippen LogP contribution in [0, 0.1) is 12.3 Å². The molecule has 0 aliphatic carbocycles. The second-order valence-electron chi connectivity index (χ2n) is 9.36. The van der Waals surface area contributed by atoms with Gasteiger partial charge < -0.3 is 10.8 Å². The van der Waals surface area contributed by atoms with Crippen LogP contribution in [0.5, 0.6) is 0 Å². The van der Waals surface area contributed by atoms with Crippen molar-refractivity contribution in [3.63, 3.8) is 0 Å². The molecule has 2 heterocycles. The Morgan fingerprint density at radius 2 is 1.94 bits per heavy atom. The van der Waals surface area contributed by atoms with Crippen molar-refractivity contribution in [3.05, 3.63) is 41.0 Å². The summed E-state index contributed by atoms with van der Waals surface area (Å²) in [6.07, 6.45) is -0.337. The molecule has 8 heteroatoms. The molecule has 2 amide bonds. The van der Waals surface area contributed by atoms with Gasteiger partial charge in [-0.3, -0.25) is 19.8 Å². The summed E-state index contributed by atoms with van der Waals surface area (Å²) >= 11 is 1.61. The number of nitrogens with two attached hydrogens (primary N) is 1. The van der Waals surface area contributed by atoms with E-state index in [2.05, 4.69) is 22.4 Å². The molecule has 3 rings (SSSR count). The molecule has 0 bridgehead atoms. The summed E-state index contributed by atoms with van der Waals surface area (Å²) < 4.78 is 0. The van der Waals surface area contributed by atoms with Gasteiger partial charge in [-0.05, 0) is 36.8 Å². The summed E-state index contributed by atoms with van der Waals surface area (Å²) in [5.41, 5.74) is 10.5. The number of aliphatic hydroxyl groups is 1. The number of benzene rings is 1. The van der Waals surface area contributed by atoms with E-state index in [1.807, 2.05) is 57.2 Å². The van der Waals surface area contributed by atoms with Crippen molar-refractivity contribution in [1.82, 2.24) is 15.2 Å². The highest BCUT2D eigenvalue weighted by Crippen LogP contribution is 2.32. The van der Waals surface area contributed by atoms with Gasteiger partial charge in [0.05, 0.1) is 34.3 Å². The van der Waals surface area contributed by atoms with Crippen LogP contribution in [-0.4, -0.2) is 51.5 Å². The maximum absolute atomic E-state index is 12.9. The fraction of sp³-hybridized carbons (Fsp3) is 0.522. The molecule has 4 atom stereocenters. The average Bonchev–Trinajstić information content (AvgIpc) is 3.31. The van der Waals surface area contributed by atoms with Gasteiger partial charge in [-0.15, -0.1) is 11.3 Å². The second kappa shape index (κ2) is 9.16. The lowest BCUT2D eigenvalue weighted by Gasteiger charge is -2.31. The number of rotatable bonds is 5. The smallest absolute Gasteiger partial charge is 0.244 e. The number of imide groups is 1. The summed E-state index contributed by atoms with van der Waals surface area (Å²) in [6, 6.07) is 6.70. The molecular formula is C23H32N4O3S. The van der Waals surface area contributed by atoms with Gasteiger partial charge in [-0.2, -0.15) is 0 Å². The van der Waals surface area contributed by atoms with Crippen molar-refractivity contribution in [2.24, 2.45) is 11.1 Å². The zero-order valence-electron chi connectivity index (χ0n) is 18.8. The first kappa shape index (κ1) is 23.5. The van der Waals surface area contributed by atoms with Crippen LogP contribution in [0.15, 0.2) is 29.8 Å². The second-order valence-corrected chi connectivity index (χ2v) is 10.2. The summed E-state index contributed by atoms with van der Waals surface area (Å²) in [7, 11) is 0. The Labute approximate surface area is 187 Å². The number of thiazole rings is 1. The molecule has 4 N–H and O–H groups in total. The number of carbonyl (C=O) groups is 2. The first-order valence-corrected chi connectivity index (χ1v) is 11.4. The lowest BCUT2D eigenvalue weighted by atomic mass is 9.87. The highest BCUT2D eigenvalue weighted by Gasteiger charge is 2.40. The van der Waals surface area contributed by atoms with Crippen LogP contribution < -0.4 is 11.1 Å². The van der Waals surface area contributed by atoms with Gasteiger partial charge in [-0.25, -0.2) is 4.98 Å². The molecule has 1 aliphatic rings. The van der Waals surface area contributed by atoms with Crippen LogP contribution in [0.2, 0.25) is 0 Å². The van der Waals surface area contributed by atoms with Crippen LogP contribution in [0.3, 0.4) is 0 Å². The minimum absolute atomic E-state index is 0.101. The average molecular weight is 445 g/mol. The number of aliphatic hydroxyl groups excluding tert-OH is 1. The fourth-order valence-electron chi connectivity index (χ4n) is 3.88. The number of β-amino-alcohol motifs (C(OH)–C–C–N with tert-alkyl or cyclic N) is 1. The number of hydrogen-bond donors (Lipinski definition) is 3. The topological polar surface area (TPSA) is 109 Å². The van der Waals surface area contributed by atoms with Crippen molar-refractivity contribution in [2.45, 2.75) is 65.3 Å². The Kier molecular flexibility index (Phi) is 6.95. The number of nitrogens with one attached hydrogen (secondary N) is 1. The van der Waals surface area contributed by atoms with Crippen LogP contribution in [0.1, 0.15) is 51.4 Å². The van der Waals surface area contributed by atoms with Gasteiger partial charge in [0.25, 0.3) is 0 Å². The van der Waals surface area contributed by atoms with Gasteiger partial charge in [-0.1, -0.05) is 45.0 Å². The molecule has 0 spiro atoms. The van der Waals surface area contributed by atoms with Crippen molar-refractivity contribution in [1.29, 1.82) is 0 Å². The van der Waals surface area contributed by atoms with E-state index in [4.69, 9.17) is 5.73 Å². The number of likely N-dealkylation sites (tertiary alicyclic amines) is 1. The lowest BCUT2D eigenvalue weighted by molar-refractivity contribution is -0.135. The third-order valence-electron chi connectivity index (χ3n) is 5.98. The number of hydrogen-bond acceptors (Lipinski definition) is 7. The number of aryl methyl sites for hydroxylation is 1. The zero-order chi connectivity index (χ0) is 22.9. The number of amides is 2. The first-order chi connectivity index (χ1) is 14.5. The highest BCUT2D eigenvalue weighted by molar-refractivity contribution is 7.13. The van der Waals surface area contributed by atoms with Crippen LogP contribution >= 0.6 is 11.3 Å². The minimum atomic E-state index is -0.795. The number of aromatic nitrogens is 1. The summed E-state index contributed by atoms with van der Waals surface area (Å²) in [4.78, 5) is 32.7. The molecule has 2 aromatic rings. The summed E-state index contributed by atoms with van der Waals surface area (Å²) in [5, 5.41) is 12.7. The van der Waals surface area contributed by atoms with Gasteiger partial charge in [0.1, 0.15) is 0 Å². The van der Waals surface area contributed by atoms with E-state index < -0.39 is 35.4 Å². The van der Waals surface area contributed by atoms with E-state index in [9.17, 15) is 14.7 Å². The zero-order valence-corrected chi connectivity index (χ0v) is 19.6. The number of nitrogens with zero attached hydrogens (tertiary/aromatic N) is 2. The monoisotopic (exact) mass is 444 g/mol. The molecular weight excluding hydrogens is 412 g/mol. The van der Waals surface area contributed by atoms with Gasteiger partial charge >= 0.3 is 0 Å². The molecule has 0 unspecified atom stereocenters. The number of carbonyl (C=O) groups excluding carboxylic acids is 2. The van der Waals surface area contributed by atoms with Crippen molar-refractivity contribution in [3.8, 4) is 10.4 Å². The predicted molar refractivity (Wildman–Crippen MR) is 122 cm³/mol. The van der Waals surface area contributed by atoms with Gasteiger partial charge in [0.15, 0.2) is 0 Å². The van der Waals surface area contributed by atoms with Crippen LogP contribution in [0.25, 0.3) is 10.4 Å². The molecule has 1 aromatic heterocycles. The predicted octanol–water partition coefficient (Wildman–Crippen LogP) is 2.63. The standard InChI is InChI=1S/C23H32N4O3S/c1-13-19(31-12-25-13)16-8-6-15(7-9-16)14(2)27-11-17(28)10-18(27)21(29)26-22(30)20(24)23(3,4)5/h6-9,12,14,17-18,20,28H,10-11,24H2,1-5H3,(H,26,29,30)/t14-,17+,18-,20-/m0/s1. The Morgan fingerprint density at radius 3 is 2.48 bits per heavy atom. The van der Waals surface area contributed by atoms with Gasteiger partial charge in [0, 0.05) is 12.6 Å². The summed E-state index contributed by atoms with van der Waals surface area (Å²) in [6.45, 7) is 9.93. The van der Waals surface area contributed by atoms with Crippen molar-refractivity contribution < 1.29 is 14.7 Å². The third-order valence-corrected chi connectivity index (χ3v) is 6.96. The van der Waals surface area contributed by atoms with Crippen LogP contribution in [0.4, 0.5) is 0 Å². The SMILES string of the molecule is Cc1ncsc1-c1ccc([C@H](C)N2C[C@H](O)C[C@H]2C(=O)NC(=O)[C@H](N)C(C)(C)C)cc1. The van der Waals surface area contributed by atoms with E-state index >= 15 is 0 Å². The molecule has 168 valence electrons. The largest absolute Gasteiger partial charge is 0.392 e. The Morgan fingerprint density at radius 1 is 1.29 bits per heavy atom. The van der Waals surface area contributed by atoms with E-state index in [-0.39, 0.29) is 12.5 Å². The molecule has 1 aromatic carbocycles. The molecule has 0 radical (unpaired) electrons. The Bertz CT molecular complexity index is 935. The molecule has 1 saturated heterocycles. The molecule has 1 aliphatic heterocycles. The van der Waals surface area contributed by atoms with Crippen LogP contribution in [-0.2, 0) is 9.59 Å². The maximum Gasteiger partial charge on any atom is 0.244 e. The Hall–Kier alpha value is -2.13. The maximum atomic E-state index is 12.9. The van der Waals surface area contributed by atoms with E-state index in [1.54, 1.807) is 11.3 Å². The van der Waals surface area contributed by atoms with E-state index in [1.165, 1.54) is 0 Å². The minimum Gasteiger partial charge on any atom is -0.392 e. The first-order valence-electron chi connectivity index (χ1n) is 10.5. The highest BCUT2D eigenvalue weighted by atomic mass is 32.1. The summed E-state index contributed by atoms with van der Waals surface area (Å²) in [5.74, 6) is -0.902. The third kappa shape index (κ3) is 5.20. The molecule has 0 saturated carbocycles. The molecule has 7 nitrogen and oxygen atoms in total. The normalized spacial score (nSPS) is 21.6. The van der Waals surface area contributed by atoms with Crippen molar-refractivity contribution >= 4 is 23.2 Å². The fourth-order valence-corrected chi connectivity index (χ4v) is 4.69. The Balaban J connectivity index is 1.73. The molecule has 1 fully saturated rings. The van der Waals surface area contributed by atoms with Crippen molar-refractivity contribution in [2.75, 3.05) is 6.54 Å². The lowest BCUT2D eigenvalue weighted by Crippen LogP contribution is -2.54.